The summed E-state index contributed by atoms with van der Waals surface area (Å²) in [5.74, 6) is -0.0917. The molecule has 1 saturated carbocycles. The van der Waals surface area contributed by atoms with Crippen molar-refractivity contribution in [1.29, 1.82) is 0 Å². The van der Waals surface area contributed by atoms with Gasteiger partial charge in [-0.25, -0.2) is 4.98 Å². The van der Waals surface area contributed by atoms with Gasteiger partial charge < -0.3 is 5.32 Å². The highest BCUT2D eigenvalue weighted by atomic mass is 32.1. The van der Waals surface area contributed by atoms with Crippen LogP contribution in [0.15, 0.2) is 30.6 Å². The lowest BCUT2D eigenvalue weighted by molar-refractivity contribution is -0.141. The molecule has 1 aliphatic rings. The maximum atomic E-state index is 12.8. The summed E-state index contributed by atoms with van der Waals surface area (Å²) >= 11 is 1.43. The van der Waals surface area contributed by atoms with Crippen molar-refractivity contribution in [1.82, 2.24) is 25.1 Å². The van der Waals surface area contributed by atoms with E-state index in [1.807, 2.05) is 12.1 Å². The monoisotopic (exact) mass is 421 g/mol. The van der Waals surface area contributed by atoms with Gasteiger partial charge in [0, 0.05) is 47.6 Å². The number of carbonyl (C=O) groups excluding carboxylic acids is 1. The van der Waals surface area contributed by atoms with Crippen molar-refractivity contribution in [3.05, 3.63) is 52.6 Å². The third kappa shape index (κ3) is 4.16. The number of aromatic nitrogens is 4. The molecule has 0 spiro atoms. The summed E-state index contributed by atoms with van der Waals surface area (Å²) in [4.78, 5) is 22.1. The Kier molecular flexibility index (Phi) is 4.89. The van der Waals surface area contributed by atoms with Crippen LogP contribution in [0.25, 0.3) is 10.6 Å². The SMILES string of the molecule is CC(NC(=O)c1cc(C(F)(F)F)nn1C)c1cnc(-c2ccnc(C3CC3)c2)s1. The molecule has 3 heterocycles. The molecule has 0 aromatic carbocycles. The molecular weight excluding hydrogens is 403 g/mol. The number of carbonyl (C=O) groups is 1. The van der Waals surface area contributed by atoms with Crippen LogP contribution < -0.4 is 5.32 Å². The minimum absolute atomic E-state index is 0.155. The zero-order valence-electron chi connectivity index (χ0n) is 15.7. The molecule has 0 saturated heterocycles. The van der Waals surface area contributed by atoms with Crippen molar-refractivity contribution < 1.29 is 18.0 Å². The molecule has 6 nitrogen and oxygen atoms in total. The first-order valence-electron chi connectivity index (χ1n) is 9.06. The predicted molar refractivity (Wildman–Crippen MR) is 101 cm³/mol. The minimum atomic E-state index is -4.60. The number of rotatable bonds is 5. The van der Waals surface area contributed by atoms with Crippen molar-refractivity contribution in [2.45, 2.75) is 37.9 Å². The molecule has 0 bridgehead atoms. The standard InChI is InChI=1S/C19H18F3N5OS/c1-10(25-17(28)14-8-16(19(20,21)22)26-27(14)2)15-9-24-18(29-15)12-5-6-23-13(7-12)11-3-4-11/h5-11H,3-4H2,1-2H3,(H,25,28). The molecule has 29 heavy (non-hydrogen) atoms. The molecule has 3 aromatic rings. The number of hydrogen-bond acceptors (Lipinski definition) is 5. The topological polar surface area (TPSA) is 72.7 Å². The Morgan fingerprint density at radius 3 is 2.72 bits per heavy atom. The summed E-state index contributed by atoms with van der Waals surface area (Å²) in [5.41, 5.74) is 0.787. The maximum absolute atomic E-state index is 12.8. The minimum Gasteiger partial charge on any atom is -0.343 e. The Balaban J connectivity index is 1.48. The zero-order chi connectivity index (χ0) is 20.8. The smallest absolute Gasteiger partial charge is 0.343 e. The van der Waals surface area contributed by atoms with Gasteiger partial charge in [0.1, 0.15) is 10.7 Å². The lowest BCUT2D eigenvalue weighted by Gasteiger charge is -2.11. The van der Waals surface area contributed by atoms with E-state index in [4.69, 9.17) is 0 Å². The van der Waals surface area contributed by atoms with Crippen molar-refractivity contribution in [2.75, 3.05) is 0 Å². The first-order valence-corrected chi connectivity index (χ1v) is 9.88. The fourth-order valence-electron chi connectivity index (χ4n) is 2.96. The highest BCUT2D eigenvalue weighted by Crippen LogP contribution is 2.40. The van der Waals surface area contributed by atoms with Crippen LogP contribution in [0.4, 0.5) is 13.2 Å². The normalized spacial score (nSPS) is 15.3. The Labute approximate surface area is 168 Å². The molecule has 0 aliphatic heterocycles. The summed E-state index contributed by atoms with van der Waals surface area (Å²) < 4.78 is 39.3. The lowest BCUT2D eigenvalue weighted by atomic mass is 10.2. The van der Waals surface area contributed by atoms with Gasteiger partial charge in [-0.05, 0) is 31.9 Å². The third-order valence-electron chi connectivity index (χ3n) is 4.72. The fraction of sp³-hybridized carbons (Fsp3) is 0.368. The largest absolute Gasteiger partial charge is 0.435 e. The number of nitrogens with zero attached hydrogens (tertiary/aromatic N) is 4. The van der Waals surface area contributed by atoms with E-state index < -0.39 is 23.8 Å². The molecular formula is C19H18F3N5OS. The van der Waals surface area contributed by atoms with E-state index >= 15 is 0 Å². The molecule has 0 radical (unpaired) electrons. The molecule has 1 aliphatic carbocycles. The molecule has 1 atom stereocenters. The van der Waals surface area contributed by atoms with Crippen LogP contribution in [0.3, 0.4) is 0 Å². The van der Waals surface area contributed by atoms with E-state index in [-0.39, 0.29) is 5.69 Å². The van der Waals surface area contributed by atoms with Gasteiger partial charge in [0.15, 0.2) is 5.69 Å². The quantitative estimate of drug-likeness (QED) is 0.666. The average molecular weight is 421 g/mol. The molecule has 152 valence electrons. The van der Waals surface area contributed by atoms with E-state index in [2.05, 4.69) is 20.4 Å². The van der Waals surface area contributed by atoms with E-state index in [1.54, 1.807) is 19.3 Å². The first kappa shape index (κ1) is 19.6. The summed E-state index contributed by atoms with van der Waals surface area (Å²) in [6.07, 6.45) is 1.17. The van der Waals surface area contributed by atoms with Gasteiger partial charge in [0.2, 0.25) is 0 Å². The van der Waals surface area contributed by atoms with Crippen LogP contribution in [-0.4, -0.2) is 25.7 Å². The average Bonchev–Trinajstić information content (AvgIpc) is 3.25. The number of halogens is 3. The maximum Gasteiger partial charge on any atom is 0.435 e. The van der Waals surface area contributed by atoms with Crippen molar-refractivity contribution in [3.63, 3.8) is 0 Å². The number of thiazole rings is 1. The van der Waals surface area contributed by atoms with Crippen LogP contribution in [0.2, 0.25) is 0 Å². The zero-order valence-corrected chi connectivity index (χ0v) is 16.5. The summed E-state index contributed by atoms with van der Waals surface area (Å²) in [5, 5.41) is 6.89. The van der Waals surface area contributed by atoms with Gasteiger partial charge in [-0.1, -0.05) is 0 Å². The lowest BCUT2D eigenvalue weighted by Crippen LogP contribution is -2.27. The fourth-order valence-corrected chi connectivity index (χ4v) is 3.88. The second-order valence-electron chi connectivity index (χ2n) is 7.04. The predicted octanol–water partition coefficient (Wildman–Crippen LogP) is 4.33. The van der Waals surface area contributed by atoms with Crippen LogP contribution in [-0.2, 0) is 13.2 Å². The van der Waals surface area contributed by atoms with E-state index in [0.29, 0.717) is 5.92 Å². The van der Waals surface area contributed by atoms with Gasteiger partial charge in [0.05, 0.1) is 6.04 Å². The number of amides is 1. The van der Waals surface area contributed by atoms with Gasteiger partial charge in [-0.15, -0.1) is 11.3 Å². The van der Waals surface area contributed by atoms with Gasteiger partial charge in [0.25, 0.3) is 5.91 Å². The molecule has 3 aromatic heterocycles. The first-order chi connectivity index (χ1) is 13.7. The van der Waals surface area contributed by atoms with Gasteiger partial charge >= 0.3 is 6.18 Å². The third-order valence-corrected chi connectivity index (χ3v) is 5.95. The highest BCUT2D eigenvalue weighted by molar-refractivity contribution is 7.15. The van der Waals surface area contributed by atoms with Crippen LogP contribution >= 0.6 is 11.3 Å². The van der Waals surface area contributed by atoms with Gasteiger partial charge in [-0.2, -0.15) is 18.3 Å². The van der Waals surface area contributed by atoms with Gasteiger partial charge in [-0.3, -0.25) is 14.5 Å². The molecule has 1 fully saturated rings. The second kappa shape index (κ2) is 7.25. The Hall–Kier alpha value is -2.75. The number of nitrogens with one attached hydrogen (secondary N) is 1. The number of pyridine rings is 1. The van der Waals surface area contributed by atoms with E-state index in [9.17, 15) is 18.0 Å². The van der Waals surface area contributed by atoms with Crippen molar-refractivity contribution in [3.8, 4) is 10.6 Å². The van der Waals surface area contributed by atoms with E-state index in [1.165, 1.54) is 18.4 Å². The van der Waals surface area contributed by atoms with E-state index in [0.717, 1.165) is 44.7 Å². The van der Waals surface area contributed by atoms with Crippen LogP contribution in [0.5, 0.6) is 0 Å². The number of aryl methyl sites for hydroxylation is 1. The van der Waals surface area contributed by atoms with Crippen LogP contribution in [0.1, 0.15) is 58.5 Å². The molecule has 1 N–H and O–H groups in total. The summed E-state index contributed by atoms with van der Waals surface area (Å²) in [7, 11) is 1.31. The number of hydrogen-bond donors (Lipinski definition) is 1. The molecule has 4 rings (SSSR count). The number of alkyl halides is 3. The Morgan fingerprint density at radius 1 is 1.31 bits per heavy atom. The van der Waals surface area contributed by atoms with Crippen molar-refractivity contribution in [2.24, 2.45) is 7.05 Å². The molecule has 1 amide bonds. The van der Waals surface area contributed by atoms with Crippen LogP contribution in [0, 0.1) is 0 Å². The summed E-state index contributed by atoms with van der Waals surface area (Å²) in [6, 6.07) is 4.27. The Morgan fingerprint density at radius 2 is 2.07 bits per heavy atom. The highest BCUT2D eigenvalue weighted by Gasteiger charge is 2.35. The molecule has 10 heteroatoms. The molecule has 1 unspecified atom stereocenters. The summed E-state index contributed by atoms with van der Waals surface area (Å²) in [6.45, 7) is 1.76. The Bertz CT molecular complexity index is 1050. The van der Waals surface area contributed by atoms with Crippen molar-refractivity contribution >= 4 is 17.2 Å². The second-order valence-corrected chi connectivity index (χ2v) is 8.10.